The van der Waals surface area contributed by atoms with Gasteiger partial charge in [-0.25, -0.2) is 0 Å². The lowest BCUT2D eigenvalue weighted by Gasteiger charge is -2.37. The van der Waals surface area contributed by atoms with Crippen molar-refractivity contribution in [1.29, 1.82) is 0 Å². The van der Waals surface area contributed by atoms with E-state index in [2.05, 4.69) is 18.9 Å². The maximum absolute atomic E-state index is 12.5. The van der Waals surface area contributed by atoms with Crippen molar-refractivity contribution in [3.63, 3.8) is 0 Å². The molecule has 1 heterocycles. The third-order valence-electron chi connectivity index (χ3n) is 3.73. The zero-order valence-electron chi connectivity index (χ0n) is 11.3. The molecule has 0 radical (unpaired) electrons. The summed E-state index contributed by atoms with van der Waals surface area (Å²) in [4.78, 5) is 16.7. The molecule has 1 aliphatic rings. The van der Waals surface area contributed by atoms with Crippen LogP contribution in [0.1, 0.15) is 22.8 Å². The predicted octanol–water partition coefficient (Wildman–Crippen LogP) is 1.35. The van der Waals surface area contributed by atoms with Gasteiger partial charge in [-0.05, 0) is 44.7 Å². The normalized spacial score (nSPS) is 21.1. The van der Waals surface area contributed by atoms with Crippen molar-refractivity contribution in [3.05, 3.63) is 29.3 Å². The Morgan fingerprint density at radius 2 is 2.11 bits per heavy atom. The fourth-order valence-corrected chi connectivity index (χ4v) is 2.33. The van der Waals surface area contributed by atoms with Gasteiger partial charge in [0, 0.05) is 36.9 Å². The maximum Gasteiger partial charge on any atom is 0.254 e. The number of likely N-dealkylation sites (N-methyl/N-ethyl adjacent to an activating group) is 1. The van der Waals surface area contributed by atoms with Gasteiger partial charge >= 0.3 is 0 Å². The molecule has 1 atom stereocenters. The summed E-state index contributed by atoms with van der Waals surface area (Å²) in [7, 11) is 2.10. The van der Waals surface area contributed by atoms with Gasteiger partial charge in [0.25, 0.3) is 5.91 Å². The molecule has 1 fully saturated rings. The number of nitrogen functional groups attached to an aromatic ring is 1. The Morgan fingerprint density at radius 1 is 1.39 bits per heavy atom. The minimum absolute atomic E-state index is 0.118. The number of anilines is 1. The number of carbonyl (C=O) groups excluding carboxylic acids is 1. The Morgan fingerprint density at radius 3 is 2.72 bits per heavy atom. The zero-order valence-corrected chi connectivity index (χ0v) is 11.3. The molecule has 0 spiro atoms. The second-order valence-corrected chi connectivity index (χ2v) is 5.16. The average Bonchev–Trinajstić information content (AvgIpc) is 2.32. The molecular weight excluding hydrogens is 226 g/mol. The number of rotatable bonds is 1. The van der Waals surface area contributed by atoms with Gasteiger partial charge in [0.1, 0.15) is 0 Å². The van der Waals surface area contributed by atoms with Gasteiger partial charge in [-0.1, -0.05) is 0 Å². The van der Waals surface area contributed by atoms with E-state index in [1.54, 1.807) is 6.07 Å². The van der Waals surface area contributed by atoms with Crippen LogP contribution in [0.4, 0.5) is 5.69 Å². The molecule has 98 valence electrons. The zero-order chi connectivity index (χ0) is 13.3. The van der Waals surface area contributed by atoms with E-state index in [1.807, 2.05) is 24.0 Å². The van der Waals surface area contributed by atoms with Gasteiger partial charge in [-0.15, -0.1) is 0 Å². The fraction of sp³-hybridized carbons (Fsp3) is 0.500. The Bertz CT molecular complexity index is 458. The van der Waals surface area contributed by atoms with Crippen molar-refractivity contribution >= 4 is 11.6 Å². The minimum Gasteiger partial charge on any atom is -0.399 e. The highest BCUT2D eigenvalue weighted by molar-refractivity contribution is 5.96. The Hall–Kier alpha value is -1.55. The highest BCUT2D eigenvalue weighted by atomic mass is 16.2. The Labute approximate surface area is 108 Å². The molecule has 2 N–H and O–H groups in total. The van der Waals surface area contributed by atoms with E-state index >= 15 is 0 Å². The number of aryl methyl sites for hydroxylation is 1. The van der Waals surface area contributed by atoms with Gasteiger partial charge in [0.05, 0.1) is 0 Å². The lowest BCUT2D eigenvalue weighted by Crippen LogP contribution is -2.52. The first-order chi connectivity index (χ1) is 8.49. The molecule has 0 saturated carbocycles. The standard InChI is InChI=1S/C14H21N3O/c1-10-8-12(15)4-5-13(10)14(18)17-7-6-16(3)11(2)9-17/h4-5,8,11H,6-7,9,15H2,1-3H3/t11-/m0/s1. The number of hydrogen-bond donors (Lipinski definition) is 1. The van der Waals surface area contributed by atoms with Crippen LogP contribution in [0.2, 0.25) is 0 Å². The van der Waals surface area contributed by atoms with Crippen LogP contribution in [0.3, 0.4) is 0 Å². The molecule has 18 heavy (non-hydrogen) atoms. The highest BCUT2D eigenvalue weighted by Gasteiger charge is 2.25. The van der Waals surface area contributed by atoms with Gasteiger partial charge < -0.3 is 15.5 Å². The third-order valence-corrected chi connectivity index (χ3v) is 3.73. The van der Waals surface area contributed by atoms with Crippen molar-refractivity contribution in [2.24, 2.45) is 0 Å². The molecule has 1 amide bonds. The van der Waals surface area contributed by atoms with Crippen LogP contribution in [0.15, 0.2) is 18.2 Å². The van der Waals surface area contributed by atoms with Crippen LogP contribution in [0.5, 0.6) is 0 Å². The van der Waals surface area contributed by atoms with Crippen LogP contribution in [0, 0.1) is 6.92 Å². The number of nitrogens with two attached hydrogens (primary N) is 1. The van der Waals surface area contributed by atoms with E-state index < -0.39 is 0 Å². The Balaban J connectivity index is 2.16. The summed E-state index contributed by atoms with van der Waals surface area (Å²) < 4.78 is 0. The maximum atomic E-state index is 12.5. The molecule has 1 aliphatic heterocycles. The molecule has 0 bridgehead atoms. The smallest absolute Gasteiger partial charge is 0.254 e. The average molecular weight is 247 g/mol. The van der Waals surface area contributed by atoms with E-state index in [0.29, 0.717) is 11.7 Å². The topological polar surface area (TPSA) is 49.6 Å². The van der Waals surface area contributed by atoms with Gasteiger partial charge in [-0.3, -0.25) is 4.79 Å². The van der Waals surface area contributed by atoms with Crippen molar-refractivity contribution in [3.8, 4) is 0 Å². The van der Waals surface area contributed by atoms with Crippen molar-refractivity contribution < 1.29 is 4.79 Å². The predicted molar refractivity (Wildman–Crippen MR) is 73.6 cm³/mol. The lowest BCUT2D eigenvalue weighted by molar-refractivity contribution is 0.0572. The van der Waals surface area contributed by atoms with Gasteiger partial charge in [0.15, 0.2) is 0 Å². The molecule has 4 heteroatoms. The molecule has 1 aromatic rings. The Kier molecular flexibility index (Phi) is 3.57. The number of piperazine rings is 1. The number of carbonyl (C=O) groups is 1. The minimum atomic E-state index is 0.118. The largest absolute Gasteiger partial charge is 0.399 e. The lowest BCUT2D eigenvalue weighted by atomic mass is 10.1. The van der Waals surface area contributed by atoms with E-state index in [-0.39, 0.29) is 5.91 Å². The third kappa shape index (κ3) is 2.48. The van der Waals surface area contributed by atoms with Crippen LogP contribution in [-0.2, 0) is 0 Å². The van der Waals surface area contributed by atoms with Crippen molar-refractivity contribution in [1.82, 2.24) is 9.80 Å². The summed E-state index contributed by atoms with van der Waals surface area (Å²) in [6.07, 6.45) is 0. The molecule has 1 saturated heterocycles. The van der Waals surface area contributed by atoms with Crippen molar-refractivity contribution in [2.75, 3.05) is 32.4 Å². The monoisotopic (exact) mass is 247 g/mol. The highest BCUT2D eigenvalue weighted by Crippen LogP contribution is 2.17. The summed E-state index contributed by atoms with van der Waals surface area (Å²) in [5.74, 6) is 0.118. The number of amides is 1. The van der Waals surface area contributed by atoms with Crippen LogP contribution < -0.4 is 5.73 Å². The van der Waals surface area contributed by atoms with E-state index in [1.165, 1.54) is 0 Å². The second-order valence-electron chi connectivity index (χ2n) is 5.16. The summed E-state index contributed by atoms with van der Waals surface area (Å²) in [6, 6.07) is 5.89. The summed E-state index contributed by atoms with van der Waals surface area (Å²) in [5.41, 5.74) is 8.13. The summed E-state index contributed by atoms with van der Waals surface area (Å²) in [5, 5.41) is 0. The first-order valence-electron chi connectivity index (χ1n) is 6.34. The first-order valence-corrected chi connectivity index (χ1v) is 6.34. The molecule has 0 unspecified atom stereocenters. The van der Waals surface area contributed by atoms with Gasteiger partial charge in [0.2, 0.25) is 0 Å². The quantitative estimate of drug-likeness (QED) is 0.762. The number of nitrogens with zero attached hydrogens (tertiary/aromatic N) is 2. The van der Waals surface area contributed by atoms with E-state index in [4.69, 9.17) is 5.73 Å². The van der Waals surface area contributed by atoms with Gasteiger partial charge in [-0.2, -0.15) is 0 Å². The van der Waals surface area contributed by atoms with Crippen molar-refractivity contribution in [2.45, 2.75) is 19.9 Å². The van der Waals surface area contributed by atoms with E-state index in [9.17, 15) is 4.79 Å². The molecular formula is C14H21N3O. The number of hydrogen-bond acceptors (Lipinski definition) is 3. The fourth-order valence-electron chi connectivity index (χ4n) is 2.33. The molecule has 1 aromatic carbocycles. The molecule has 0 aromatic heterocycles. The van der Waals surface area contributed by atoms with Crippen LogP contribution in [-0.4, -0.2) is 48.4 Å². The SMILES string of the molecule is Cc1cc(N)ccc1C(=O)N1CCN(C)[C@@H](C)C1. The second kappa shape index (κ2) is 4.98. The van der Waals surface area contributed by atoms with Crippen LogP contribution in [0.25, 0.3) is 0 Å². The van der Waals surface area contributed by atoms with Crippen LogP contribution >= 0.6 is 0 Å². The summed E-state index contributed by atoms with van der Waals surface area (Å²) >= 11 is 0. The number of benzene rings is 1. The first kappa shape index (κ1) is 12.9. The molecule has 2 rings (SSSR count). The molecule has 4 nitrogen and oxygen atoms in total. The molecule has 0 aliphatic carbocycles. The van der Waals surface area contributed by atoms with E-state index in [0.717, 1.165) is 30.8 Å². The summed E-state index contributed by atoms with van der Waals surface area (Å²) in [6.45, 7) is 6.60.